The van der Waals surface area contributed by atoms with E-state index < -0.39 is 0 Å². The van der Waals surface area contributed by atoms with Crippen LogP contribution < -0.4 is 0 Å². The maximum absolute atomic E-state index is 3.75. The fourth-order valence-electron chi connectivity index (χ4n) is 1.74. The highest BCUT2D eigenvalue weighted by atomic mass is 14.0. The highest BCUT2D eigenvalue weighted by Crippen LogP contribution is 2.13. The van der Waals surface area contributed by atoms with Crippen LogP contribution in [0.1, 0.15) is 22.3 Å². The quantitative estimate of drug-likeness (QED) is 0.665. The molecule has 0 fully saturated rings. The van der Waals surface area contributed by atoms with Crippen LogP contribution in [0.4, 0.5) is 0 Å². The topological polar surface area (TPSA) is 0 Å². The Morgan fingerprint density at radius 3 is 1.61 bits per heavy atom. The van der Waals surface area contributed by atoms with Gasteiger partial charge in [-0.3, -0.25) is 0 Å². The second-order valence-corrected chi connectivity index (χ2v) is 4.12. The molecule has 0 bridgehead atoms. The van der Waals surface area contributed by atoms with Crippen molar-refractivity contribution in [2.45, 2.75) is 13.8 Å². The van der Waals surface area contributed by atoms with Gasteiger partial charge in [0, 0.05) is 0 Å². The fraction of sp³-hybridized carbons (Fsp3) is 0.111. The molecule has 0 spiro atoms. The Kier molecular flexibility index (Phi) is 5.66. The monoisotopic (exact) mass is 236 g/mol. The third-order valence-corrected chi connectivity index (χ3v) is 2.78. The number of hydrogen-bond acceptors (Lipinski definition) is 0. The molecule has 0 aromatic heterocycles. The minimum Gasteiger partial charge on any atom is -0.0985 e. The molecule has 2 aromatic carbocycles. The molecule has 0 saturated heterocycles. The maximum Gasteiger partial charge on any atom is -0.0204 e. The van der Waals surface area contributed by atoms with Gasteiger partial charge in [0.05, 0.1) is 0 Å². The van der Waals surface area contributed by atoms with Crippen LogP contribution in [0.25, 0.3) is 12.2 Å². The molecule has 2 rings (SSSR count). The summed E-state index contributed by atoms with van der Waals surface area (Å²) in [6, 6.07) is 16.3. The number of aryl methyl sites for hydroxylation is 2. The molecule has 0 saturated carbocycles. The molecule has 0 nitrogen and oxygen atoms in total. The lowest BCUT2D eigenvalue weighted by atomic mass is 10.0. The molecule has 0 atom stereocenters. The van der Waals surface area contributed by atoms with Crippen molar-refractivity contribution in [1.29, 1.82) is 0 Å². The molecule has 2 aromatic rings. The minimum atomic E-state index is 1.17. The van der Waals surface area contributed by atoms with Crippen molar-refractivity contribution in [1.82, 2.24) is 0 Å². The Hall–Kier alpha value is -2.08. The van der Waals surface area contributed by atoms with Crippen LogP contribution in [0, 0.1) is 13.8 Å². The molecular weight excluding hydrogens is 216 g/mol. The molecule has 92 valence electrons. The first-order valence-corrected chi connectivity index (χ1v) is 6.05. The summed E-state index contributed by atoms with van der Waals surface area (Å²) in [4.78, 5) is 0. The standard InChI is InChI=1S/C10H12.C8H8/c1-4-10-8(2)6-5-7-9(10)3;1-2-8-6-4-3-5-7-8/h4-7H,1H2,2-3H3;2-7H,1H2. The van der Waals surface area contributed by atoms with E-state index in [-0.39, 0.29) is 0 Å². The van der Waals surface area contributed by atoms with Gasteiger partial charge in [-0.25, -0.2) is 0 Å². The smallest absolute Gasteiger partial charge is 0.0204 e. The van der Waals surface area contributed by atoms with Crippen molar-refractivity contribution in [3.05, 3.63) is 83.9 Å². The van der Waals surface area contributed by atoms with E-state index in [1.165, 1.54) is 22.3 Å². The van der Waals surface area contributed by atoms with E-state index in [4.69, 9.17) is 0 Å². The zero-order chi connectivity index (χ0) is 13.4. The van der Waals surface area contributed by atoms with Crippen molar-refractivity contribution >= 4 is 12.2 Å². The van der Waals surface area contributed by atoms with Gasteiger partial charge in [0.1, 0.15) is 0 Å². The Morgan fingerprint density at radius 2 is 1.28 bits per heavy atom. The van der Waals surface area contributed by atoms with E-state index in [0.29, 0.717) is 0 Å². The molecule has 18 heavy (non-hydrogen) atoms. The second-order valence-electron chi connectivity index (χ2n) is 4.12. The van der Waals surface area contributed by atoms with Gasteiger partial charge in [-0.2, -0.15) is 0 Å². The third kappa shape index (κ3) is 4.06. The lowest BCUT2D eigenvalue weighted by Gasteiger charge is -2.02. The molecule has 0 aliphatic heterocycles. The van der Waals surface area contributed by atoms with Gasteiger partial charge in [0.25, 0.3) is 0 Å². The SMILES string of the molecule is C=Cc1c(C)cccc1C.C=Cc1ccccc1. The van der Waals surface area contributed by atoms with E-state index in [2.05, 4.69) is 45.2 Å². The van der Waals surface area contributed by atoms with Crippen LogP contribution in [0.15, 0.2) is 61.7 Å². The normalized spacial score (nSPS) is 9.00. The Balaban J connectivity index is 0.000000184. The van der Waals surface area contributed by atoms with E-state index in [0.717, 1.165) is 0 Å². The largest absolute Gasteiger partial charge is 0.0985 e. The van der Waals surface area contributed by atoms with Crippen molar-refractivity contribution in [3.63, 3.8) is 0 Å². The first kappa shape index (κ1) is 14.0. The lowest BCUT2D eigenvalue weighted by Crippen LogP contribution is -1.83. The van der Waals surface area contributed by atoms with Crippen LogP contribution >= 0.6 is 0 Å². The molecule has 0 aliphatic carbocycles. The van der Waals surface area contributed by atoms with Crippen LogP contribution in [0.5, 0.6) is 0 Å². The molecular formula is C18H20. The number of rotatable bonds is 2. The summed E-state index contributed by atoms with van der Waals surface area (Å²) in [5.74, 6) is 0. The summed E-state index contributed by atoms with van der Waals surface area (Å²) < 4.78 is 0. The molecule has 0 unspecified atom stereocenters. The predicted molar refractivity (Wildman–Crippen MR) is 82.5 cm³/mol. The molecule has 0 heteroatoms. The maximum atomic E-state index is 3.75. The highest BCUT2D eigenvalue weighted by Gasteiger charge is 1.94. The average Bonchev–Trinajstić information content (AvgIpc) is 2.41. The van der Waals surface area contributed by atoms with Crippen molar-refractivity contribution in [2.24, 2.45) is 0 Å². The summed E-state index contributed by atoms with van der Waals surface area (Å²) in [6.07, 6.45) is 3.74. The van der Waals surface area contributed by atoms with Crippen molar-refractivity contribution in [2.75, 3.05) is 0 Å². The summed E-state index contributed by atoms with van der Waals surface area (Å²) >= 11 is 0. The van der Waals surface area contributed by atoms with Gasteiger partial charge in [-0.05, 0) is 36.1 Å². The van der Waals surface area contributed by atoms with E-state index >= 15 is 0 Å². The summed E-state index contributed by atoms with van der Waals surface area (Å²) in [5.41, 5.74) is 5.04. The average molecular weight is 236 g/mol. The van der Waals surface area contributed by atoms with Crippen LogP contribution in [0.2, 0.25) is 0 Å². The zero-order valence-corrected chi connectivity index (χ0v) is 11.2. The van der Waals surface area contributed by atoms with Crippen LogP contribution in [-0.4, -0.2) is 0 Å². The predicted octanol–water partition coefficient (Wildman–Crippen LogP) is 5.28. The van der Waals surface area contributed by atoms with Gasteiger partial charge in [-0.15, -0.1) is 0 Å². The first-order chi connectivity index (χ1) is 8.69. The zero-order valence-electron chi connectivity index (χ0n) is 11.2. The highest BCUT2D eigenvalue weighted by molar-refractivity contribution is 5.55. The lowest BCUT2D eigenvalue weighted by molar-refractivity contribution is 1.36. The number of benzene rings is 2. The van der Waals surface area contributed by atoms with Crippen molar-refractivity contribution in [3.8, 4) is 0 Å². The Bertz CT molecular complexity index is 487. The molecule has 0 N–H and O–H groups in total. The van der Waals surface area contributed by atoms with Crippen LogP contribution in [0.3, 0.4) is 0 Å². The minimum absolute atomic E-state index is 1.17. The Labute approximate surface area is 110 Å². The molecule has 0 amide bonds. The van der Waals surface area contributed by atoms with Gasteiger partial charge in [0.15, 0.2) is 0 Å². The van der Waals surface area contributed by atoms with Gasteiger partial charge < -0.3 is 0 Å². The van der Waals surface area contributed by atoms with E-state index in [1.54, 1.807) is 0 Å². The fourth-order valence-corrected chi connectivity index (χ4v) is 1.74. The van der Waals surface area contributed by atoms with Gasteiger partial charge in [-0.1, -0.05) is 73.8 Å². The summed E-state index contributed by atoms with van der Waals surface area (Å²) in [7, 11) is 0. The van der Waals surface area contributed by atoms with Crippen LogP contribution in [-0.2, 0) is 0 Å². The van der Waals surface area contributed by atoms with Gasteiger partial charge >= 0.3 is 0 Å². The van der Waals surface area contributed by atoms with E-state index in [9.17, 15) is 0 Å². The Morgan fingerprint density at radius 1 is 0.722 bits per heavy atom. The summed E-state index contributed by atoms with van der Waals surface area (Å²) in [6.45, 7) is 11.6. The summed E-state index contributed by atoms with van der Waals surface area (Å²) in [5, 5.41) is 0. The van der Waals surface area contributed by atoms with Gasteiger partial charge in [0.2, 0.25) is 0 Å². The number of hydrogen-bond donors (Lipinski definition) is 0. The molecule has 0 radical (unpaired) electrons. The van der Waals surface area contributed by atoms with E-state index in [1.807, 2.05) is 42.5 Å². The first-order valence-electron chi connectivity index (χ1n) is 6.05. The second kappa shape index (κ2) is 7.29. The molecule has 0 heterocycles. The third-order valence-electron chi connectivity index (χ3n) is 2.78. The van der Waals surface area contributed by atoms with Crippen molar-refractivity contribution < 1.29 is 0 Å². The molecule has 0 aliphatic rings.